The van der Waals surface area contributed by atoms with E-state index in [0.717, 1.165) is 0 Å². The summed E-state index contributed by atoms with van der Waals surface area (Å²) < 4.78 is 21.1. The number of hydrogen-bond acceptors (Lipinski definition) is 7. The van der Waals surface area contributed by atoms with Gasteiger partial charge in [0.1, 0.15) is 13.2 Å². The van der Waals surface area contributed by atoms with Crippen LogP contribution in [0.4, 0.5) is 0 Å². The van der Waals surface area contributed by atoms with Crippen molar-refractivity contribution in [2.45, 2.75) is 27.2 Å². The maximum Gasteiger partial charge on any atom is 0.340 e. The van der Waals surface area contributed by atoms with Crippen molar-refractivity contribution in [2.24, 2.45) is 0 Å². The fourth-order valence-corrected chi connectivity index (χ4v) is 3.22. The van der Waals surface area contributed by atoms with E-state index < -0.39 is 24.3 Å². The smallest absolute Gasteiger partial charge is 0.340 e. The van der Waals surface area contributed by atoms with Crippen molar-refractivity contribution in [3.05, 3.63) is 46.3 Å². The van der Waals surface area contributed by atoms with Crippen LogP contribution in [0.2, 0.25) is 0 Å². The van der Waals surface area contributed by atoms with Gasteiger partial charge in [0.15, 0.2) is 18.1 Å². The molecule has 29 heavy (non-hydrogen) atoms. The zero-order valence-corrected chi connectivity index (χ0v) is 16.6. The van der Waals surface area contributed by atoms with Gasteiger partial charge in [0.2, 0.25) is 5.78 Å². The van der Waals surface area contributed by atoms with Crippen LogP contribution in [0, 0.1) is 13.8 Å². The van der Waals surface area contributed by atoms with E-state index in [1.165, 1.54) is 0 Å². The number of hydrogen-bond donors (Lipinski definition) is 1. The molecule has 0 spiro atoms. The largest absolute Gasteiger partial charge is 0.486 e. The van der Waals surface area contributed by atoms with Crippen LogP contribution in [-0.2, 0) is 20.7 Å². The number of H-pyrrole nitrogens is 1. The van der Waals surface area contributed by atoms with Crippen LogP contribution >= 0.6 is 0 Å². The van der Waals surface area contributed by atoms with E-state index in [1.807, 2.05) is 0 Å². The SMILES string of the molecule is CCOC(=O)c1c(C)[nH]c(C)c1C(=O)COC(=O)Cc1ccc2c(c1)OCCO2. The summed E-state index contributed by atoms with van der Waals surface area (Å²) in [6, 6.07) is 5.20. The van der Waals surface area contributed by atoms with Gasteiger partial charge in [0.25, 0.3) is 0 Å². The number of Topliss-reactive ketones (excluding diaryl/α,β-unsaturated/α-hetero) is 1. The number of benzene rings is 1. The van der Waals surface area contributed by atoms with Crippen LogP contribution in [0.5, 0.6) is 11.5 Å². The van der Waals surface area contributed by atoms with Gasteiger partial charge in [-0.05, 0) is 38.5 Å². The van der Waals surface area contributed by atoms with Crippen LogP contribution in [0.3, 0.4) is 0 Å². The van der Waals surface area contributed by atoms with Crippen molar-refractivity contribution in [3.63, 3.8) is 0 Å². The van der Waals surface area contributed by atoms with E-state index in [0.29, 0.717) is 41.7 Å². The van der Waals surface area contributed by atoms with Gasteiger partial charge in [0.05, 0.1) is 24.2 Å². The maximum atomic E-state index is 12.6. The van der Waals surface area contributed by atoms with Crippen molar-refractivity contribution in [1.82, 2.24) is 4.98 Å². The molecule has 1 aliphatic rings. The van der Waals surface area contributed by atoms with Crippen LogP contribution in [0.15, 0.2) is 18.2 Å². The minimum Gasteiger partial charge on any atom is -0.486 e. The highest BCUT2D eigenvalue weighted by Gasteiger charge is 2.26. The number of aromatic nitrogens is 1. The molecule has 0 unspecified atom stereocenters. The fraction of sp³-hybridized carbons (Fsp3) is 0.381. The van der Waals surface area contributed by atoms with E-state index in [2.05, 4.69) is 4.98 Å². The fourth-order valence-electron chi connectivity index (χ4n) is 3.22. The minimum absolute atomic E-state index is 0.0141. The highest BCUT2D eigenvalue weighted by Crippen LogP contribution is 2.31. The average molecular weight is 401 g/mol. The predicted molar refractivity (Wildman–Crippen MR) is 103 cm³/mol. The number of nitrogens with one attached hydrogen (secondary N) is 1. The Kier molecular flexibility index (Phi) is 6.21. The molecule has 0 saturated carbocycles. The van der Waals surface area contributed by atoms with E-state index >= 15 is 0 Å². The lowest BCUT2D eigenvalue weighted by Crippen LogP contribution is -2.19. The first-order valence-electron chi connectivity index (χ1n) is 9.34. The third-order valence-electron chi connectivity index (χ3n) is 4.45. The monoisotopic (exact) mass is 401 g/mol. The van der Waals surface area contributed by atoms with Gasteiger partial charge in [-0.2, -0.15) is 0 Å². The zero-order valence-electron chi connectivity index (χ0n) is 16.6. The molecular weight excluding hydrogens is 378 g/mol. The molecule has 154 valence electrons. The Morgan fingerprint density at radius 3 is 2.41 bits per heavy atom. The van der Waals surface area contributed by atoms with Gasteiger partial charge in [-0.15, -0.1) is 0 Å². The number of aryl methyl sites for hydroxylation is 2. The Labute approximate surface area is 168 Å². The zero-order chi connectivity index (χ0) is 21.0. The molecule has 1 N–H and O–H groups in total. The van der Waals surface area contributed by atoms with Gasteiger partial charge in [-0.3, -0.25) is 9.59 Å². The van der Waals surface area contributed by atoms with Crippen LogP contribution in [0.1, 0.15) is 44.6 Å². The van der Waals surface area contributed by atoms with E-state index in [1.54, 1.807) is 39.0 Å². The van der Waals surface area contributed by atoms with Crippen molar-refractivity contribution in [3.8, 4) is 11.5 Å². The molecule has 1 aromatic heterocycles. The summed E-state index contributed by atoms with van der Waals surface area (Å²) in [5, 5.41) is 0. The van der Waals surface area contributed by atoms with Crippen molar-refractivity contribution >= 4 is 17.7 Å². The second-order valence-electron chi connectivity index (χ2n) is 6.58. The summed E-state index contributed by atoms with van der Waals surface area (Å²) in [6.07, 6.45) is -0.0141. The third kappa shape index (κ3) is 4.59. The molecule has 8 heteroatoms. The highest BCUT2D eigenvalue weighted by molar-refractivity contribution is 6.09. The number of ketones is 1. The van der Waals surface area contributed by atoms with Crippen molar-refractivity contribution in [1.29, 1.82) is 0 Å². The molecule has 1 aliphatic heterocycles. The average Bonchev–Trinajstić information content (AvgIpc) is 3.00. The number of rotatable bonds is 7. The maximum absolute atomic E-state index is 12.6. The van der Waals surface area contributed by atoms with Crippen LogP contribution < -0.4 is 9.47 Å². The summed E-state index contributed by atoms with van der Waals surface area (Å²) in [5.74, 6) is -0.396. The number of fused-ring (bicyclic) bond motifs is 1. The number of aromatic amines is 1. The molecule has 2 heterocycles. The second kappa shape index (κ2) is 8.81. The van der Waals surface area contributed by atoms with Crippen molar-refractivity contribution in [2.75, 3.05) is 26.4 Å². The first-order valence-corrected chi connectivity index (χ1v) is 9.34. The van der Waals surface area contributed by atoms with Gasteiger partial charge < -0.3 is 23.9 Å². The molecule has 1 aromatic carbocycles. The molecule has 0 aliphatic carbocycles. The van der Waals surface area contributed by atoms with E-state index in [4.69, 9.17) is 18.9 Å². The first kappa shape index (κ1) is 20.4. The molecular formula is C21H23NO7. The number of carbonyl (C=O) groups excluding carboxylic acids is 3. The molecule has 0 radical (unpaired) electrons. The Morgan fingerprint density at radius 2 is 1.69 bits per heavy atom. The van der Waals surface area contributed by atoms with Crippen molar-refractivity contribution < 1.29 is 33.3 Å². The van der Waals surface area contributed by atoms with Crippen LogP contribution in [0.25, 0.3) is 0 Å². The lowest BCUT2D eigenvalue weighted by Gasteiger charge is -2.18. The summed E-state index contributed by atoms with van der Waals surface area (Å²) in [7, 11) is 0. The lowest BCUT2D eigenvalue weighted by molar-refractivity contribution is -0.141. The molecule has 0 amide bonds. The van der Waals surface area contributed by atoms with Gasteiger partial charge >= 0.3 is 11.9 Å². The summed E-state index contributed by atoms with van der Waals surface area (Å²) >= 11 is 0. The Hall–Kier alpha value is -3.29. The topological polar surface area (TPSA) is 104 Å². The van der Waals surface area contributed by atoms with Gasteiger partial charge in [0, 0.05) is 11.4 Å². The molecule has 0 saturated heterocycles. The first-order chi connectivity index (χ1) is 13.9. The Bertz CT molecular complexity index is 945. The minimum atomic E-state index is -0.583. The number of ether oxygens (including phenoxy) is 4. The molecule has 2 aromatic rings. The van der Waals surface area contributed by atoms with Gasteiger partial charge in [-0.25, -0.2) is 4.79 Å². The lowest BCUT2D eigenvalue weighted by atomic mass is 10.1. The summed E-state index contributed by atoms with van der Waals surface area (Å²) in [6.45, 7) is 5.72. The quantitative estimate of drug-likeness (QED) is 0.562. The highest BCUT2D eigenvalue weighted by atomic mass is 16.6. The molecule has 3 rings (SSSR count). The van der Waals surface area contributed by atoms with E-state index in [-0.39, 0.29) is 24.2 Å². The molecule has 0 fully saturated rings. The molecule has 0 bridgehead atoms. The third-order valence-corrected chi connectivity index (χ3v) is 4.45. The van der Waals surface area contributed by atoms with E-state index in [9.17, 15) is 14.4 Å². The van der Waals surface area contributed by atoms with Crippen LogP contribution in [-0.4, -0.2) is 49.1 Å². The standard InChI is InChI=1S/C21H23NO7/c1-4-26-21(25)20-13(3)22-12(2)19(20)15(23)11-29-18(24)10-14-5-6-16-17(9-14)28-8-7-27-16/h5-6,9,22H,4,7-8,10-11H2,1-3H3. The summed E-state index contributed by atoms with van der Waals surface area (Å²) in [5.41, 5.74) is 2.11. The molecule has 0 atom stereocenters. The Morgan fingerprint density at radius 1 is 1.00 bits per heavy atom. The number of carbonyl (C=O) groups is 3. The normalized spacial score (nSPS) is 12.4. The van der Waals surface area contributed by atoms with Gasteiger partial charge in [-0.1, -0.05) is 6.07 Å². The molecule has 8 nitrogen and oxygen atoms in total. The second-order valence-corrected chi connectivity index (χ2v) is 6.58. The number of esters is 2. The Balaban J connectivity index is 1.64. The summed E-state index contributed by atoms with van der Waals surface area (Å²) in [4.78, 5) is 39.9. The predicted octanol–water partition coefficient (Wildman–Crippen LogP) is 2.55.